The smallest absolute Gasteiger partial charge is 0.376 e. The van der Waals surface area contributed by atoms with Gasteiger partial charge in [0.05, 0.1) is 20.8 Å². The Morgan fingerprint density at radius 1 is 1.31 bits per heavy atom. The van der Waals surface area contributed by atoms with Gasteiger partial charge in [0.25, 0.3) is 0 Å². The lowest BCUT2D eigenvalue weighted by molar-refractivity contribution is -0.232. The van der Waals surface area contributed by atoms with E-state index in [9.17, 15) is 4.79 Å². The Morgan fingerprint density at radius 3 is 2.62 bits per heavy atom. The van der Waals surface area contributed by atoms with Crippen molar-refractivity contribution in [3.05, 3.63) is 30.7 Å². The monoisotopic (exact) mass is 225 g/mol. The highest BCUT2D eigenvalue weighted by molar-refractivity contribution is 5.93. The molecule has 0 fully saturated rings. The molecule has 0 N–H and O–H groups in total. The highest BCUT2D eigenvalue weighted by Gasteiger charge is 2.18. The summed E-state index contributed by atoms with van der Waals surface area (Å²) in [6, 6.07) is 4.89. The van der Waals surface area contributed by atoms with E-state index in [1.807, 2.05) is 0 Å². The maximum absolute atomic E-state index is 11.5. The van der Waals surface area contributed by atoms with Gasteiger partial charge in [-0.05, 0) is 19.1 Å². The van der Waals surface area contributed by atoms with Crippen molar-refractivity contribution in [2.24, 2.45) is 0 Å². The van der Waals surface area contributed by atoms with Crippen molar-refractivity contribution in [2.45, 2.75) is 0 Å². The second-order valence-electron chi connectivity index (χ2n) is 2.73. The van der Waals surface area contributed by atoms with Crippen LogP contribution in [-0.4, -0.2) is 26.8 Å². The van der Waals surface area contributed by atoms with Crippen LogP contribution in [0.5, 0.6) is 11.5 Å². The first-order chi connectivity index (χ1) is 7.74. The SMILES string of the molecule is [CH2]COOC(=O)c1cccc(OC)c1OC. The maximum Gasteiger partial charge on any atom is 0.376 e. The van der Waals surface area contributed by atoms with Gasteiger partial charge in [-0.2, -0.15) is 4.89 Å². The second kappa shape index (κ2) is 5.97. The molecule has 0 aliphatic carbocycles. The van der Waals surface area contributed by atoms with Crippen LogP contribution in [0.3, 0.4) is 0 Å². The lowest BCUT2D eigenvalue weighted by atomic mass is 10.2. The molecule has 0 saturated carbocycles. The lowest BCUT2D eigenvalue weighted by Gasteiger charge is -2.10. The summed E-state index contributed by atoms with van der Waals surface area (Å²) in [6.07, 6.45) is 0. The number of carbonyl (C=O) groups is 1. The van der Waals surface area contributed by atoms with E-state index >= 15 is 0 Å². The average molecular weight is 225 g/mol. The van der Waals surface area contributed by atoms with Crippen LogP contribution >= 0.6 is 0 Å². The molecular formula is C11H13O5. The molecule has 0 amide bonds. The number of hydrogen-bond donors (Lipinski definition) is 0. The average Bonchev–Trinajstić information content (AvgIpc) is 2.34. The second-order valence-corrected chi connectivity index (χ2v) is 2.73. The Balaban J connectivity index is 2.98. The minimum Gasteiger partial charge on any atom is -0.493 e. The summed E-state index contributed by atoms with van der Waals surface area (Å²) < 4.78 is 10.1. The Kier molecular flexibility index (Phi) is 4.60. The predicted molar refractivity (Wildman–Crippen MR) is 56.3 cm³/mol. The highest BCUT2D eigenvalue weighted by atomic mass is 17.2. The van der Waals surface area contributed by atoms with E-state index in [1.54, 1.807) is 18.2 Å². The molecule has 0 atom stereocenters. The number of benzene rings is 1. The molecule has 1 aromatic rings. The van der Waals surface area contributed by atoms with Gasteiger partial charge in [-0.25, -0.2) is 4.79 Å². The number of rotatable bonds is 5. The van der Waals surface area contributed by atoms with Crippen molar-refractivity contribution >= 4 is 5.97 Å². The molecule has 0 heterocycles. The Morgan fingerprint density at radius 2 is 2.06 bits per heavy atom. The van der Waals surface area contributed by atoms with Crippen molar-refractivity contribution in [1.82, 2.24) is 0 Å². The van der Waals surface area contributed by atoms with Crippen LogP contribution in [-0.2, 0) is 9.78 Å². The molecule has 0 aromatic heterocycles. The molecule has 5 nitrogen and oxygen atoms in total. The van der Waals surface area contributed by atoms with Crippen LogP contribution in [0, 0.1) is 6.92 Å². The van der Waals surface area contributed by atoms with Crippen molar-refractivity contribution in [3.63, 3.8) is 0 Å². The summed E-state index contributed by atoms with van der Waals surface area (Å²) in [4.78, 5) is 20.5. The lowest BCUT2D eigenvalue weighted by Crippen LogP contribution is -2.08. The standard InChI is InChI=1S/C11H13O5/c1-4-15-16-11(12)8-6-5-7-9(13-2)10(8)14-3/h5-7H,1,4H2,2-3H3. The van der Waals surface area contributed by atoms with Crippen LogP contribution in [0.15, 0.2) is 18.2 Å². The van der Waals surface area contributed by atoms with Gasteiger partial charge in [0, 0.05) is 0 Å². The number of hydrogen-bond acceptors (Lipinski definition) is 5. The quantitative estimate of drug-likeness (QED) is 0.563. The molecule has 0 aliphatic heterocycles. The Hall–Kier alpha value is -1.75. The summed E-state index contributed by atoms with van der Waals surface area (Å²) in [5.41, 5.74) is 0.232. The highest BCUT2D eigenvalue weighted by Crippen LogP contribution is 2.30. The van der Waals surface area contributed by atoms with E-state index in [-0.39, 0.29) is 12.2 Å². The normalized spacial score (nSPS) is 9.69. The maximum atomic E-state index is 11.5. The van der Waals surface area contributed by atoms with Gasteiger partial charge in [-0.3, -0.25) is 4.89 Å². The third-order valence-electron chi connectivity index (χ3n) is 1.84. The largest absolute Gasteiger partial charge is 0.493 e. The molecule has 1 aromatic carbocycles. The fraction of sp³-hybridized carbons (Fsp3) is 0.273. The van der Waals surface area contributed by atoms with E-state index in [4.69, 9.17) is 9.47 Å². The van der Waals surface area contributed by atoms with Crippen molar-refractivity contribution in [1.29, 1.82) is 0 Å². The van der Waals surface area contributed by atoms with E-state index < -0.39 is 5.97 Å². The van der Waals surface area contributed by atoms with Crippen LogP contribution in [0.25, 0.3) is 0 Å². The van der Waals surface area contributed by atoms with Gasteiger partial charge < -0.3 is 9.47 Å². The molecule has 16 heavy (non-hydrogen) atoms. The third kappa shape index (κ3) is 2.64. The van der Waals surface area contributed by atoms with Crippen molar-refractivity contribution < 1.29 is 24.0 Å². The fourth-order valence-corrected chi connectivity index (χ4v) is 1.19. The zero-order chi connectivity index (χ0) is 12.0. The fourth-order valence-electron chi connectivity index (χ4n) is 1.19. The number of carbonyl (C=O) groups excluding carboxylic acids is 1. The van der Waals surface area contributed by atoms with E-state index in [0.29, 0.717) is 11.5 Å². The minimum atomic E-state index is -0.653. The number of methoxy groups -OCH3 is 2. The molecule has 5 heteroatoms. The van der Waals surface area contributed by atoms with E-state index in [0.717, 1.165) is 0 Å². The van der Waals surface area contributed by atoms with Crippen LogP contribution in [0.4, 0.5) is 0 Å². The van der Waals surface area contributed by atoms with Gasteiger partial charge in [0.15, 0.2) is 11.5 Å². The summed E-state index contributed by atoms with van der Waals surface area (Å²) in [5, 5.41) is 0. The van der Waals surface area contributed by atoms with Crippen LogP contribution in [0.1, 0.15) is 10.4 Å². The van der Waals surface area contributed by atoms with Crippen molar-refractivity contribution in [3.8, 4) is 11.5 Å². The van der Waals surface area contributed by atoms with E-state index in [1.165, 1.54) is 14.2 Å². The zero-order valence-corrected chi connectivity index (χ0v) is 9.19. The molecule has 0 aliphatic rings. The molecule has 0 bridgehead atoms. The molecule has 1 rings (SSSR count). The molecule has 0 spiro atoms. The Labute approximate surface area is 93.8 Å². The zero-order valence-electron chi connectivity index (χ0n) is 9.19. The molecule has 1 radical (unpaired) electrons. The first-order valence-electron chi connectivity index (χ1n) is 4.58. The van der Waals surface area contributed by atoms with Gasteiger partial charge in [0.1, 0.15) is 5.56 Å². The molecular weight excluding hydrogens is 212 g/mol. The van der Waals surface area contributed by atoms with Crippen LogP contribution < -0.4 is 9.47 Å². The summed E-state index contributed by atoms with van der Waals surface area (Å²) in [7, 11) is 2.93. The topological polar surface area (TPSA) is 54.0 Å². The summed E-state index contributed by atoms with van der Waals surface area (Å²) in [5.74, 6) is 0.105. The Bertz CT molecular complexity index is 361. The van der Waals surface area contributed by atoms with Crippen molar-refractivity contribution in [2.75, 3.05) is 20.8 Å². The molecule has 0 saturated heterocycles. The molecule has 87 valence electrons. The third-order valence-corrected chi connectivity index (χ3v) is 1.84. The molecule has 0 unspecified atom stereocenters. The minimum absolute atomic E-state index is 0.0397. The van der Waals surface area contributed by atoms with Crippen LogP contribution in [0.2, 0.25) is 0 Å². The van der Waals surface area contributed by atoms with Gasteiger partial charge in [0.2, 0.25) is 0 Å². The number of ether oxygens (including phenoxy) is 2. The van der Waals surface area contributed by atoms with Gasteiger partial charge in [-0.15, -0.1) is 0 Å². The summed E-state index contributed by atoms with van der Waals surface area (Å²) in [6.45, 7) is 3.41. The number of para-hydroxylation sites is 1. The van der Waals surface area contributed by atoms with E-state index in [2.05, 4.69) is 16.7 Å². The summed E-state index contributed by atoms with van der Waals surface area (Å²) >= 11 is 0. The first-order valence-corrected chi connectivity index (χ1v) is 4.58. The first kappa shape index (κ1) is 12.3. The van der Waals surface area contributed by atoms with Gasteiger partial charge >= 0.3 is 5.97 Å². The predicted octanol–water partition coefficient (Wildman–Crippen LogP) is 1.63. The van der Waals surface area contributed by atoms with Gasteiger partial charge in [-0.1, -0.05) is 6.07 Å².